The lowest BCUT2D eigenvalue weighted by Crippen LogP contribution is -2.27. The van der Waals surface area contributed by atoms with Gasteiger partial charge in [-0.15, -0.1) is 0 Å². The highest BCUT2D eigenvalue weighted by atomic mass is 16.5. The first-order chi connectivity index (χ1) is 9.03. The fourth-order valence-corrected chi connectivity index (χ4v) is 1.99. The van der Waals surface area contributed by atoms with Gasteiger partial charge < -0.3 is 10.1 Å². The van der Waals surface area contributed by atoms with Crippen LogP contribution >= 0.6 is 0 Å². The van der Waals surface area contributed by atoms with Crippen molar-refractivity contribution < 1.29 is 14.3 Å². The predicted octanol–water partition coefficient (Wildman–Crippen LogP) is 1.64. The average molecular weight is 258 g/mol. The van der Waals surface area contributed by atoms with Gasteiger partial charge in [-0.3, -0.25) is 9.59 Å². The molecular formula is C14H14N2O3. The Bertz CT molecular complexity index is 559. The molecule has 1 saturated carbocycles. The van der Waals surface area contributed by atoms with Crippen LogP contribution in [0.15, 0.2) is 24.3 Å². The third kappa shape index (κ3) is 2.29. The summed E-state index contributed by atoms with van der Waals surface area (Å²) in [4.78, 5) is 23.5. The molecule has 1 aliphatic rings. The molecule has 1 fully saturated rings. The van der Waals surface area contributed by atoms with Crippen LogP contribution in [0.3, 0.4) is 0 Å². The number of hydrogen-bond donors (Lipinski definition) is 1. The van der Waals surface area contributed by atoms with Gasteiger partial charge in [0, 0.05) is 5.69 Å². The van der Waals surface area contributed by atoms with Gasteiger partial charge in [-0.2, -0.15) is 5.26 Å². The van der Waals surface area contributed by atoms with Crippen molar-refractivity contribution in [2.75, 3.05) is 12.4 Å². The summed E-state index contributed by atoms with van der Waals surface area (Å²) in [5.74, 6) is -1.62. The molecule has 0 saturated heterocycles. The summed E-state index contributed by atoms with van der Waals surface area (Å²) >= 11 is 0. The molecule has 19 heavy (non-hydrogen) atoms. The van der Waals surface area contributed by atoms with Crippen molar-refractivity contribution in [2.45, 2.75) is 13.3 Å². The zero-order chi connectivity index (χ0) is 14.0. The molecule has 1 aromatic rings. The third-order valence-corrected chi connectivity index (χ3v) is 3.36. The number of nitrogens with one attached hydrogen (secondary N) is 1. The number of amides is 1. The largest absolute Gasteiger partial charge is 0.469 e. The molecule has 98 valence electrons. The molecule has 2 rings (SSSR count). The van der Waals surface area contributed by atoms with Crippen LogP contribution in [0.5, 0.6) is 0 Å². The SMILES string of the molecule is COC(=O)[C@H]1C[C@]1(C#N)C(=O)Nc1ccc(C)cc1. The van der Waals surface area contributed by atoms with Crippen molar-refractivity contribution >= 4 is 17.6 Å². The van der Waals surface area contributed by atoms with Gasteiger partial charge in [0.1, 0.15) is 0 Å². The van der Waals surface area contributed by atoms with Crippen LogP contribution in [-0.4, -0.2) is 19.0 Å². The second-order valence-corrected chi connectivity index (χ2v) is 4.68. The Balaban J connectivity index is 2.10. The summed E-state index contributed by atoms with van der Waals surface area (Å²) in [5.41, 5.74) is 0.408. The quantitative estimate of drug-likeness (QED) is 0.836. The second kappa shape index (κ2) is 4.73. The van der Waals surface area contributed by atoms with Crippen molar-refractivity contribution in [3.63, 3.8) is 0 Å². The van der Waals surface area contributed by atoms with Crippen molar-refractivity contribution in [1.82, 2.24) is 0 Å². The highest BCUT2D eigenvalue weighted by Crippen LogP contribution is 2.53. The molecule has 0 aliphatic heterocycles. The maximum Gasteiger partial charge on any atom is 0.310 e. The van der Waals surface area contributed by atoms with Gasteiger partial charge in [0.25, 0.3) is 0 Å². The zero-order valence-corrected chi connectivity index (χ0v) is 10.8. The highest BCUT2D eigenvalue weighted by Gasteiger charge is 2.65. The maximum absolute atomic E-state index is 12.1. The molecule has 5 nitrogen and oxygen atoms in total. The van der Waals surface area contributed by atoms with Gasteiger partial charge in [0.05, 0.1) is 19.1 Å². The van der Waals surface area contributed by atoms with Crippen LogP contribution in [0, 0.1) is 29.6 Å². The Kier molecular flexibility index (Phi) is 3.26. The van der Waals surface area contributed by atoms with Crippen LogP contribution in [0.2, 0.25) is 0 Å². The number of anilines is 1. The van der Waals surface area contributed by atoms with Gasteiger partial charge in [-0.1, -0.05) is 17.7 Å². The fourth-order valence-electron chi connectivity index (χ4n) is 1.99. The number of benzene rings is 1. The summed E-state index contributed by atoms with van der Waals surface area (Å²) < 4.78 is 4.58. The lowest BCUT2D eigenvalue weighted by molar-refractivity contribution is -0.143. The molecule has 0 spiro atoms. The molecule has 5 heteroatoms. The summed E-state index contributed by atoms with van der Waals surface area (Å²) in [7, 11) is 1.25. The monoisotopic (exact) mass is 258 g/mol. The molecule has 1 amide bonds. The van der Waals surface area contributed by atoms with Gasteiger partial charge in [0.2, 0.25) is 5.91 Å². The van der Waals surface area contributed by atoms with Gasteiger partial charge in [-0.05, 0) is 25.5 Å². The molecule has 1 N–H and O–H groups in total. The number of aryl methyl sites for hydroxylation is 1. The molecule has 1 aliphatic carbocycles. The molecule has 0 heterocycles. The minimum Gasteiger partial charge on any atom is -0.469 e. The maximum atomic E-state index is 12.1. The Morgan fingerprint density at radius 2 is 2.05 bits per heavy atom. The summed E-state index contributed by atoms with van der Waals surface area (Å²) in [6.07, 6.45) is 0.216. The standard InChI is InChI=1S/C14H14N2O3/c1-9-3-5-10(6-4-9)16-13(18)14(8-15)7-11(14)12(17)19-2/h3-6,11H,7H2,1-2H3,(H,16,18)/t11-,14-/m1/s1. The Morgan fingerprint density at radius 3 is 2.58 bits per heavy atom. The first kappa shape index (κ1) is 13.1. The molecule has 0 aromatic heterocycles. The van der Waals surface area contributed by atoms with Crippen LogP contribution in [-0.2, 0) is 14.3 Å². The van der Waals surface area contributed by atoms with E-state index in [-0.39, 0.29) is 6.42 Å². The van der Waals surface area contributed by atoms with E-state index in [0.717, 1.165) is 5.56 Å². The molecule has 1 aromatic carbocycles. The van der Waals surface area contributed by atoms with Crippen LogP contribution < -0.4 is 5.32 Å². The second-order valence-electron chi connectivity index (χ2n) is 4.68. The normalized spacial score (nSPS) is 24.2. The first-order valence-corrected chi connectivity index (χ1v) is 5.90. The number of nitrogens with zero attached hydrogens (tertiary/aromatic N) is 1. The smallest absolute Gasteiger partial charge is 0.310 e. The van der Waals surface area contributed by atoms with Crippen molar-refractivity contribution in [3.8, 4) is 6.07 Å². The lowest BCUT2D eigenvalue weighted by Gasteiger charge is -2.09. The van der Waals surface area contributed by atoms with E-state index in [1.807, 2.05) is 25.1 Å². The molecular weight excluding hydrogens is 244 g/mol. The van der Waals surface area contributed by atoms with Gasteiger partial charge in [-0.25, -0.2) is 0 Å². The summed E-state index contributed by atoms with van der Waals surface area (Å²) in [6, 6.07) is 9.17. The van der Waals surface area contributed by atoms with Crippen LogP contribution in [0.1, 0.15) is 12.0 Å². The number of nitriles is 1. The molecule has 0 unspecified atom stereocenters. The Hall–Kier alpha value is -2.35. The number of hydrogen-bond acceptors (Lipinski definition) is 4. The minimum atomic E-state index is -1.28. The van der Waals surface area contributed by atoms with E-state index < -0.39 is 23.2 Å². The summed E-state index contributed by atoms with van der Waals surface area (Å²) in [5, 5.41) is 11.8. The Labute approximate surface area is 111 Å². The number of ether oxygens (including phenoxy) is 1. The number of esters is 1. The van der Waals surface area contributed by atoms with Crippen molar-refractivity contribution in [3.05, 3.63) is 29.8 Å². The van der Waals surface area contributed by atoms with E-state index in [2.05, 4.69) is 10.1 Å². The summed E-state index contributed by atoms with van der Waals surface area (Å²) in [6.45, 7) is 1.94. The third-order valence-electron chi connectivity index (χ3n) is 3.36. The van der Waals surface area contributed by atoms with Crippen LogP contribution in [0.25, 0.3) is 0 Å². The van der Waals surface area contributed by atoms with Crippen molar-refractivity contribution in [1.29, 1.82) is 5.26 Å². The van der Waals surface area contributed by atoms with Gasteiger partial charge in [0.15, 0.2) is 5.41 Å². The van der Waals surface area contributed by atoms with E-state index in [1.54, 1.807) is 12.1 Å². The fraction of sp³-hybridized carbons (Fsp3) is 0.357. The van der Waals surface area contributed by atoms with E-state index in [4.69, 9.17) is 5.26 Å². The van der Waals surface area contributed by atoms with E-state index >= 15 is 0 Å². The van der Waals surface area contributed by atoms with E-state index in [1.165, 1.54) is 7.11 Å². The van der Waals surface area contributed by atoms with Gasteiger partial charge >= 0.3 is 5.97 Å². The predicted molar refractivity (Wildman–Crippen MR) is 68.0 cm³/mol. The molecule has 2 atom stereocenters. The van der Waals surface area contributed by atoms with Crippen molar-refractivity contribution in [2.24, 2.45) is 11.3 Å². The number of carbonyl (C=O) groups is 2. The number of carbonyl (C=O) groups excluding carboxylic acids is 2. The van der Waals surface area contributed by atoms with E-state index in [9.17, 15) is 9.59 Å². The highest BCUT2D eigenvalue weighted by molar-refractivity contribution is 6.03. The lowest BCUT2D eigenvalue weighted by atomic mass is 10.0. The number of rotatable bonds is 3. The van der Waals surface area contributed by atoms with Crippen LogP contribution in [0.4, 0.5) is 5.69 Å². The minimum absolute atomic E-state index is 0.216. The first-order valence-electron chi connectivity index (χ1n) is 5.90. The Morgan fingerprint density at radius 1 is 1.42 bits per heavy atom. The average Bonchev–Trinajstić information content (AvgIpc) is 3.16. The number of methoxy groups -OCH3 is 1. The molecule has 0 bridgehead atoms. The van der Waals surface area contributed by atoms with E-state index in [0.29, 0.717) is 5.69 Å². The zero-order valence-electron chi connectivity index (χ0n) is 10.8. The topological polar surface area (TPSA) is 79.2 Å². The molecule has 0 radical (unpaired) electrons.